The van der Waals surface area contributed by atoms with E-state index in [1.807, 2.05) is 13.1 Å². The van der Waals surface area contributed by atoms with Crippen LogP contribution in [0.5, 0.6) is 0 Å². The zero-order chi connectivity index (χ0) is 13.0. The monoisotopic (exact) mass is 250 g/mol. The molecule has 0 aliphatic heterocycles. The second-order valence-corrected chi connectivity index (χ2v) is 4.91. The second kappa shape index (κ2) is 5.48. The Morgan fingerprint density at radius 3 is 2.72 bits per heavy atom. The molecular formula is C14H19FN2O. The molecule has 4 heteroatoms. The smallest absolute Gasteiger partial charge is 0.227 e. The normalized spacial score (nSPS) is 16.3. The first kappa shape index (κ1) is 13.0. The fourth-order valence-electron chi connectivity index (χ4n) is 2.17. The summed E-state index contributed by atoms with van der Waals surface area (Å²) in [5, 5.41) is 5.95. The highest BCUT2D eigenvalue weighted by molar-refractivity contribution is 5.85. The van der Waals surface area contributed by atoms with Crippen LogP contribution in [-0.2, 0) is 11.2 Å². The van der Waals surface area contributed by atoms with Gasteiger partial charge < -0.3 is 10.6 Å². The maximum Gasteiger partial charge on any atom is 0.227 e. The Kier molecular flexibility index (Phi) is 3.97. The molecule has 18 heavy (non-hydrogen) atoms. The Morgan fingerprint density at radius 2 is 2.11 bits per heavy atom. The van der Waals surface area contributed by atoms with Crippen molar-refractivity contribution in [2.45, 2.75) is 19.3 Å². The van der Waals surface area contributed by atoms with Gasteiger partial charge in [0.05, 0.1) is 5.41 Å². The molecule has 0 unspecified atom stereocenters. The van der Waals surface area contributed by atoms with Crippen LogP contribution in [0.15, 0.2) is 24.3 Å². The van der Waals surface area contributed by atoms with Crippen molar-refractivity contribution in [3.05, 3.63) is 35.6 Å². The van der Waals surface area contributed by atoms with Gasteiger partial charge in [-0.05, 0) is 37.9 Å². The topological polar surface area (TPSA) is 41.1 Å². The molecule has 0 heterocycles. The van der Waals surface area contributed by atoms with Crippen LogP contribution in [0.25, 0.3) is 0 Å². The van der Waals surface area contributed by atoms with E-state index in [0.29, 0.717) is 18.5 Å². The molecule has 2 rings (SSSR count). The number of carbonyl (C=O) groups is 1. The van der Waals surface area contributed by atoms with Crippen molar-refractivity contribution in [1.29, 1.82) is 0 Å². The van der Waals surface area contributed by atoms with Gasteiger partial charge in [-0.1, -0.05) is 18.2 Å². The number of amides is 1. The van der Waals surface area contributed by atoms with E-state index in [9.17, 15) is 9.18 Å². The number of hydrogen-bond acceptors (Lipinski definition) is 2. The zero-order valence-corrected chi connectivity index (χ0v) is 10.6. The third-order valence-electron chi connectivity index (χ3n) is 3.49. The van der Waals surface area contributed by atoms with Crippen LogP contribution in [0.3, 0.4) is 0 Å². The molecular weight excluding hydrogens is 231 g/mol. The Balaban J connectivity index is 1.79. The van der Waals surface area contributed by atoms with E-state index in [0.717, 1.165) is 19.4 Å². The Labute approximate surface area is 107 Å². The highest BCUT2D eigenvalue weighted by atomic mass is 19.1. The molecule has 1 aromatic carbocycles. The van der Waals surface area contributed by atoms with Crippen molar-refractivity contribution in [3.63, 3.8) is 0 Å². The summed E-state index contributed by atoms with van der Waals surface area (Å²) in [5.41, 5.74) is 0.445. The minimum atomic E-state index is -0.205. The predicted molar refractivity (Wildman–Crippen MR) is 68.7 cm³/mol. The molecule has 0 bridgehead atoms. The van der Waals surface area contributed by atoms with Crippen molar-refractivity contribution in [2.75, 3.05) is 20.1 Å². The largest absolute Gasteiger partial charge is 0.355 e. The van der Waals surface area contributed by atoms with Crippen molar-refractivity contribution in [3.8, 4) is 0 Å². The lowest BCUT2D eigenvalue weighted by Gasteiger charge is -2.14. The number of nitrogens with one attached hydrogen (secondary N) is 2. The number of halogens is 1. The van der Waals surface area contributed by atoms with Crippen LogP contribution >= 0.6 is 0 Å². The van der Waals surface area contributed by atoms with E-state index in [4.69, 9.17) is 0 Å². The summed E-state index contributed by atoms with van der Waals surface area (Å²) in [4.78, 5) is 11.9. The van der Waals surface area contributed by atoms with Gasteiger partial charge >= 0.3 is 0 Å². The molecule has 0 saturated heterocycles. The van der Waals surface area contributed by atoms with E-state index < -0.39 is 0 Å². The summed E-state index contributed by atoms with van der Waals surface area (Å²) in [6, 6.07) is 6.68. The number of hydrogen-bond donors (Lipinski definition) is 2. The molecule has 3 nitrogen and oxygen atoms in total. The molecule has 1 fully saturated rings. The molecule has 2 N–H and O–H groups in total. The zero-order valence-electron chi connectivity index (χ0n) is 10.6. The molecule has 0 atom stereocenters. The number of rotatable bonds is 6. The molecule has 0 spiro atoms. The molecule has 0 aromatic heterocycles. The lowest BCUT2D eigenvalue weighted by molar-refractivity contribution is -0.126. The van der Waals surface area contributed by atoms with E-state index >= 15 is 0 Å². The quantitative estimate of drug-likeness (QED) is 0.803. The average molecular weight is 250 g/mol. The Bertz CT molecular complexity index is 430. The first-order valence-corrected chi connectivity index (χ1v) is 6.34. The van der Waals surface area contributed by atoms with Gasteiger partial charge in [-0.2, -0.15) is 0 Å². The second-order valence-electron chi connectivity index (χ2n) is 4.91. The molecule has 98 valence electrons. The summed E-state index contributed by atoms with van der Waals surface area (Å²) in [6.45, 7) is 1.21. The molecule has 1 aromatic rings. The summed E-state index contributed by atoms with van der Waals surface area (Å²) < 4.78 is 13.4. The van der Waals surface area contributed by atoms with Crippen LogP contribution in [0, 0.1) is 11.2 Å². The summed E-state index contributed by atoms with van der Waals surface area (Å²) in [5.74, 6) is -0.115. The predicted octanol–water partition coefficient (Wildman–Crippen LogP) is 1.48. The van der Waals surface area contributed by atoms with Gasteiger partial charge in [0.1, 0.15) is 5.82 Å². The van der Waals surface area contributed by atoms with E-state index in [2.05, 4.69) is 10.6 Å². The maximum atomic E-state index is 13.4. The van der Waals surface area contributed by atoms with Crippen molar-refractivity contribution in [2.24, 2.45) is 5.41 Å². The summed E-state index contributed by atoms with van der Waals surface area (Å²) in [6.07, 6.45) is 2.42. The molecule has 1 aliphatic rings. The highest BCUT2D eigenvalue weighted by Crippen LogP contribution is 2.45. The third kappa shape index (κ3) is 2.88. The summed E-state index contributed by atoms with van der Waals surface area (Å²) in [7, 11) is 1.85. The van der Waals surface area contributed by atoms with Crippen LogP contribution in [-0.4, -0.2) is 26.0 Å². The standard InChI is InChI=1S/C14H19FN2O/c1-16-10-14(7-8-14)13(18)17-9-6-11-4-2-3-5-12(11)15/h2-5,16H,6-10H2,1H3,(H,17,18). The molecule has 1 saturated carbocycles. The lowest BCUT2D eigenvalue weighted by atomic mass is 10.1. The minimum absolute atomic E-state index is 0.0909. The van der Waals surface area contributed by atoms with Gasteiger partial charge in [0, 0.05) is 13.1 Å². The molecule has 1 amide bonds. The lowest BCUT2D eigenvalue weighted by Crippen LogP contribution is -2.38. The average Bonchev–Trinajstić information content (AvgIpc) is 3.13. The van der Waals surface area contributed by atoms with Gasteiger partial charge in [-0.25, -0.2) is 4.39 Å². The fraction of sp³-hybridized carbons (Fsp3) is 0.500. The minimum Gasteiger partial charge on any atom is -0.355 e. The first-order chi connectivity index (χ1) is 8.68. The van der Waals surface area contributed by atoms with Gasteiger partial charge in [-0.3, -0.25) is 4.79 Å². The first-order valence-electron chi connectivity index (χ1n) is 6.34. The van der Waals surface area contributed by atoms with E-state index in [-0.39, 0.29) is 17.1 Å². The van der Waals surface area contributed by atoms with Crippen LogP contribution in [0.4, 0.5) is 4.39 Å². The van der Waals surface area contributed by atoms with E-state index in [1.165, 1.54) is 6.07 Å². The number of carbonyl (C=O) groups excluding carboxylic acids is 1. The number of benzene rings is 1. The Hall–Kier alpha value is -1.42. The van der Waals surface area contributed by atoms with Crippen molar-refractivity contribution in [1.82, 2.24) is 10.6 Å². The van der Waals surface area contributed by atoms with Crippen molar-refractivity contribution >= 4 is 5.91 Å². The highest BCUT2D eigenvalue weighted by Gasteiger charge is 2.48. The van der Waals surface area contributed by atoms with Gasteiger partial charge in [-0.15, -0.1) is 0 Å². The van der Waals surface area contributed by atoms with Crippen LogP contribution in [0.2, 0.25) is 0 Å². The van der Waals surface area contributed by atoms with Crippen molar-refractivity contribution < 1.29 is 9.18 Å². The maximum absolute atomic E-state index is 13.4. The van der Waals surface area contributed by atoms with Crippen LogP contribution < -0.4 is 10.6 Å². The van der Waals surface area contributed by atoms with Gasteiger partial charge in [0.15, 0.2) is 0 Å². The SMILES string of the molecule is CNCC1(C(=O)NCCc2ccccc2F)CC1. The van der Waals surface area contributed by atoms with Gasteiger partial charge in [0.25, 0.3) is 0 Å². The van der Waals surface area contributed by atoms with Gasteiger partial charge in [0.2, 0.25) is 5.91 Å². The fourth-order valence-corrected chi connectivity index (χ4v) is 2.17. The Morgan fingerprint density at radius 1 is 1.39 bits per heavy atom. The van der Waals surface area contributed by atoms with E-state index in [1.54, 1.807) is 12.1 Å². The molecule has 0 radical (unpaired) electrons. The molecule has 1 aliphatic carbocycles. The third-order valence-corrected chi connectivity index (χ3v) is 3.49. The summed E-state index contributed by atoms with van der Waals surface area (Å²) >= 11 is 0. The van der Waals surface area contributed by atoms with Crippen LogP contribution in [0.1, 0.15) is 18.4 Å².